The molecule has 3 nitrogen and oxygen atoms in total. The lowest BCUT2D eigenvalue weighted by Gasteiger charge is -2.36. The van der Waals surface area contributed by atoms with E-state index in [-0.39, 0.29) is 5.60 Å². The van der Waals surface area contributed by atoms with Crippen LogP contribution < -0.4 is 10.5 Å². The highest BCUT2D eigenvalue weighted by Crippen LogP contribution is 2.30. The molecule has 0 spiro atoms. The van der Waals surface area contributed by atoms with Gasteiger partial charge in [0.05, 0.1) is 12.2 Å². The number of hydrogen-bond donors (Lipinski definition) is 1. The third kappa shape index (κ3) is 3.72. The van der Waals surface area contributed by atoms with Crippen LogP contribution >= 0.6 is 0 Å². The van der Waals surface area contributed by atoms with E-state index >= 15 is 0 Å². The van der Waals surface area contributed by atoms with Crippen molar-refractivity contribution in [1.82, 2.24) is 0 Å². The molecule has 1 aliphatic carbocycles. The molecule has 1 saturated carbocycles. The van der Waals surface area contributed by atoms with E-state index in [1.807, 2.05) is 30.3 Å². The van der Waals surface area contributed by atoms with E-state index in [9.17, 15) is 0 Å². The molecule has 1 fully saturated rings. The summed E-state index contributed by atoms with van der Waals surface area (Å²) in [7, 11) is 0. The molecule has 0 bridgehead atoms. The molecule has 1 aromatic rings. The number of hydrogen-bond acceptors (Lipinski definition) is 3. The second kappa shape index (κ2) is 6.76. The summed E-state index contributed by atoms with van der Waals surface area (Å²) in [5.74, 6) is 0.895. The summed E-state index contributed by atoms with van der Waals surface area (Å²) in [6.07, 6.45) is 5.96. The van der Waals surface area contributed by atoms with Gasteiger partial charge in [0, 0.05) is 6.54 Å². The van der Waals surface area contributed by atoms with Gasteiger partial charge in [0.25, 0.3) is 0 Å². The predicted molar refractivity (Wildman–Crippen MR) is 72.8 cm³/mol. The van der Waals surface area contributed by atoms with Gasteiger partial charge in [-0.2, -0.15) is 0 Å². The molecule has 0 aromatic heterocycles. The van der Waals surface area contributed by atoms with E-state index in [1.54, 1.807) is 0 Å². The molecule has 0 atom stereocenters. The summed E-state index contributed by atoms with van der Waals surface area (Å²) in [6, 6.07) is 9.84. The first-order chi connectivity index (χ1) is 8.85. The van der Waals surface area contributed by atoms with Crippen molar-refractivity contribution < 1.29 is 9.47 Å². The Balaban J connectivity index is 1.71. The van der Waals surface area contributed by atoms with E-state index in [1.165, 1.54) is 19.3 Å². The molecule has 0 aliphatic heterocycles. The van der Waals surface area contributed by atoms with Crippen molar-refractivity contribution >= 4 is 0 Å². The van der Waals surface area contributed by atoms with Gasteiger partial charge >= 0.3 is 0 Å². The highest BCUT2D eigenvalue weighted by molar-refractivity contribution is 5.20. The molecular formula is C15H23NO2. The van der Waals surface area contributed by atoms with Gasteiger partial charge in [-0.25, -0.2) is 0 Å². The minimum absolute atomic E-state index is 0.0850. The minimum atomic E-state index is -0.0850. The first kappa shape index (κ1) is 13.4. The summed E-state index contributed by atoms with van der Waals surface area (Å²) in [4.78, 5) is 0. The van der Waals surface area contributed by atoms with Crippen LogP contribution in [0.15, 0.2) is 30.3 Å². The third-order valence-electron chi connectivity index (χ3n) is 3.64. The van der Waals surface area contributed by atoms with Gasteiger partial charge in [0.1, 0.15) is 12.4 Å². The lowest BCUT2D eigenvalue weighted by molar-refractivity contribution is -0.0712. The van der Waals surface area contributed by atoms with Crippen molar-refractivity contribution in [2.24, 2.45) is 5.73 Å². The summed E-state index contributed by atoms with van der Waals surface area (Å²) >= 11 is 0. The normalized spacial score (nSPS) is 18.5. The van der Waals surface area contributed by atoms with Gasteiger partial charge in [-0.3, -0.25) is 0 Å². The van der Waals surface area contributed by atoms with Gasteiger partial charge in [-0.05, 0) is 25.0 Å². The molecular weight excluding hydrogens is 226 g/mol. The van der Waals surface area contributed by atoms with Crippen molar-refractivity contribution in [2.45, 2.75) is 37.7 Å². The maximum Gasteiger partial charge on any atom is 0.119 e. The third-order valence-corrected chi connectivity index (χ3v) is 3.64. The van der Waals surface area contributed by atoms with Crippen LogP contribution in [0, 0.1) is 0 Å². The SMILES string of the molecule is NCC1(OCCOc2ccccc2)CCCCC1. The average molecular weight is 249 g/mol. The Bertz CT molecular complexity index is 334. The first-order valence-electron chi connectivity index (χ1n) is 6.87. The molecule has 100 valence electrons. The summed E-state index contributed by atoms with van der Waals surface area (Å²) < 4.78 is 11.6. The fraction of sp³-hybridized carbons (Fsp3) is 0.600. The van der Waals surface area contributed by atoms with Crippen LogP contribution in [0.2, 0.25) is 0 Å². The average Bonchev–Trinajstić information content (AvgIpc) is 2.46. The quantitative estimate of drug-likeness (QED) is 0.788. The maximum absolute atomic E-state index is 5.99. The van der Waals surface area contributed by atoms with Gasteiger partial charge in [0.2, 0.25) is 0 Å². The summed E-state index contributed by atoms with van der Waals surface area (Å²) in [5, 5.41) is 0. The van der Waals surface area contributed by atoms with E-state index in [4.69, 9.17) is 15.2 Å². The molecule has 3 heteroatoms. The van der Waals surface area contributed by atoms with Crippen molar-refractivity contribution in [2.75, 3.05) is 19.8 Å². The molecule has 1 aromatic carbocycles. The second-order valence-electron chi connectivity index (χ2n) is 4.96. The smallest absolute Gasteiger partial charge is 0.119 e. The van der Waals surface area contributed by atoms with Crippen LogP contribution in [0.1, 0.15) is 32.1 Å². The maximum atomic E-state index is 5.99. The number of nitrogens with two attached hydrogens (primary N) is 1. The van der Waals surface area contributed by atoms with Crippen LogP contribution in [0.25, 0.3) is 0 Å². The molecule has 0 unspecified atom stereocenters. The molecule has 0 heterocycles. The summed E-state index contributed by atoms with van der Waals surface area (Å²) in [6.45, 7) is 1.83. The van der Waals surface area contributed by atoms with E-state index in [0.29, 0.717) is 19.8 Å². The predicted octanol–water partition coefficient (Wildman–Crippen LogP) is 2.74. The van der Waals surface area contributed by atoms with E-state index in [2.05, 4.69) is 0 Å². The van der Waals surface area contributed by atoms with Crippen LogP contribution in [-0.2, 0) is 4.74 Å². The number of para-hydroxylation sites is 1. The van der Waals surface area contributed by atoms with Crippen LogP contribution in [0.4, 0.5) is 0 Å². The zero-order chi connectivity index (χ0) is 12.7. The first-order valence-corrected chi connectivity index (χ1v) is 6.87. The van der Waals surface area contributed by atoms with Gasteiger partial charge in [-0.15, -0.1) is 0 Å². The Hall–Kier alpha value is -1.06. The molecule has 1 aliphatic rings. The van der Waals surface area contributed by atoms with Crippen LogP contribution in [0.5, 0.6) is 5.75 Å². The Morgan fingerprint density at radius 1 is 1.00 bits per heavy atom. The van der Waals surface area contributed by atoms with Crippen molar-refractivity contribution in [1.29, 1.82) is 0 Å². The Morgan fingerprint density at radius 2 is 1.72 bits per heavy atom. The van der Waals surface area contributed by atoms with Gasteiger partial charge in [0.15, 0.2) is 0 Å². The highest BCUT2D eigenvalue weighted by atomic mass is 16.5. The topological polar surface area (TPSA) is 44.5 Å². The largest absolute Gasteiger partial charge is 0.491 e. The fourth-order valence-corrected chi connectivity index (χ4v) is 2.54. The molecule has 18 heavy (non-hydrogen) atoms. The zero-order valence-electron chi connectivity index (χ0n) is 10.9. The second-order valence-corrected chi connectivity index (χ2v) is 4.96. The minimum Gasteiger partial charge on any atom is -0.491 e. The molecule has 0 amide bonds. The molecule has 0 radical (unpaired) electrons. The van der Waals surface area contributed by atoms with Gasteiger partial charge < -0.3 is 15.2 Å². The molecule has 0 saturated heterocycles. The Morgan fingerprint density at radius 3 is 2.39 bits per heavy atom. The van der Waals surface area contributed by atoms with E-state index < -0.39 is 0 Å². The Labute approximate surface area is 109 Å². The molecule has 2 rings (SSSR count). The number of rotatable bonds is 6. The van der Waals surface area contributed by atoms with Crippen molar-refractivity contribution in [3.05, 3.63) is 30.3 Å². The Kier molecular flexibility index (Phi) is 5.02. The fourth-order valence-electron chi connectivity index (χ4n) is 2.54. The highest BCUT2D eigenvalue weighted by Gasteiger charge is 2.31. The molecule has 2 N–H and O–H groups in total. The zero-order valence-corrected chi connectivity index (χ0v) is 10.9. The standard InChI is InChI=1S/C15H23NO2/c16-13-15(9-5-2-6-10-15)18-12-11-17-14-7-3-1-4-8-14/h1,3-4,7-8H,2,5-6,9-13,16H2. The van der Waals surface area contributed by atoms with Crippen LogP contribution in [-0.4, -0.2) is 25.4 Å². The van der Waals surface area contributed by atoms with Gasteiger partial charge in [-0.1, -0.05) is 37.5 Å². The number of benzene rings is 1. The monoisotopic (exact) mass is 249 g/mol. The number of ether oxygens (including phenoxy) is 2. The lowest BCUT2D eigenvalue weighted by atomic mass is 9.85. The van der Waals surface area contributed by atoms with Crippen molar-refractivity contribution in [3.63, 3.8) is 0 Å². The van der Waals surface area contributed by atoms with Crippen LogP contribution in [0.3, 0.4) is 0 Å². The van der Waals surface area contributed by atoms with Crippen molar-refractivity contribution in [3.8, 4) is 5.75 Å². The lowest BCUT2D eigenvalue weighted by Crippen LogP contribution is -2.43. The summed E-state index contributed by atoms with van der Waals surface area (Å²) in [5.41, 5.74) is 5.78. The van der Waals surface area contributed by atoms with E-state index in [0.717, 1.165) is 18.6 Å².